The van der Waals surface area contributed by atoms with Crippen LogP contribution in [0, 0.1) is 0 Å². The average molecular weight is 267 g/mol. The number of esters is 2. The van der Waals surface area contributed by atoms with Crippen LogP contribution in [0.1, 0.15) is 20.8 Å². The van der Waals surface area contributed by atoms with Crippen LogP contribution < -0.4 is 0 Å². The van der Waals surface area contributed by atoms with Gasteiger partial charge in [-0.1, -0.05) is 0 Å². The SMILES string of the molecule is COC(C)C(=O)OC(C)C(=O)OC(C)C(=O)Cl. The summed E-state index contributed by atoms with van der Waals surface area (Å²) < 4.78 is 14.1. The molecule has 7 heteroatoms. The summed E-state index contributed by atoms with van der Waals surface area (Å²) >= 11 is 5.11. The van der Waals surface area contributed by atoms with Gasteiger partial charge in [-0.3, -0.25) is 4.79 Å². The van der Waals surface area contributed by atoms with E-state index in [-0.39, 0.29) is 0 Å². The van der Waals surface area contributed by atoms with Crippen LogP contribution >= 0.6 is 11.6 Å². The molecule has 0 rings (SSSR count). The van der Waals surface area contributed by atoms with E-state index in [9.17, 15) is 14.4 Å². The van der Waals surface area contributed by atoms with Crippen LogP contribution in [-0.4, -0.2) is 42.6 Å². The van der Waals surface area contributed by atoms with Crippen LogP contribution in [-0.2, 0) is 28.6 Å². The molecule has 3 unspecified atom stereocenters. The Morgan fingerprint density at radius 1 is 0.882 bits per heavy atom. The third kappa shape index (κ3) is 5.65. The first kappa shape index (κ1) is 15.9. The fraction of sp³-hybridized carbons (Fsp3) is 0.700. The molecule has 6 nitrogen and oxygen atoms in total. The molecule has 0 aromatic carbocycles. The molecule has 0 aliphatic carbocycles. The number of ether oxygens (including phenoxy) is 3. The van der Waals surface area contributed by atoms with Gasteiger partial charge in [0.15, 0.2) is 18.3 Å². The minimum atomic E-state index is -1.13. The highest BCUT2D eigenvalue weighted by Crippen LogP contribution is 2.04. The Bertz CT molecular complexity index is 303. The lowest BCUT2D eigenvalue weighted by Gasteiger charge is -2.16. The first-order valence-corrected chi connectivity index (χ1v) is 5.30. The third-order valence-corrected chi connectivity index (χ3v) is 2.23. The van der Waals surface area contributed by atoms with Gasteiger partial charge in [-0.05, 0) is 32.4 Å². The molecule has 17 heavy (non-hydrogen) atoms. The molecule has 0 saturated heterocycles. The second-order valence-corrected chi connectivity index (χ2v) is 3.71. The molecule has 0 amide bonds. The standard InChI is InChI=1S/C10H15ClO6/c1-5(8(11)12)16-10(14)7(3)17-9(13)6(2)15-4/h5-7H,1-4H3. The summed E-state index contributed by atoms with van der Waals surface area (Å²) in [4.78, 5) is 33.3. The molecule has 0 spiro atoms. The van der Waals surface area contributed by atoms with E-state index in [1.165, 1.54) is 27.9 Å². The van der Waals surface area contributed by atoms with E-state index >= 15 is 0 Å². The molecular formula is C10H15ClO6. The monoisotopic (exact) mass is 266 g/mol. The van der Waals surface area contributed by atoms with E-state index in [1.807, 2.05) is 0 Å². The molecule has 0 aromatic rings. The Labute approximate surface area is 104 Å². The zero-order valence-corrected chi connectivity index (χ0v) is 10.8. The minimum absolute atomic E-state index is 0.693. The van der Waals surface area contributed by atoms with Crippen LogP contribution in [0.5, 0.6) is 0 Å². The highest BCUT2D eigenvalue weighted by atomic mass is 35.5. The fourth-order valence-electron chi connectivity index (χ4n) is 0.731. The van der Waals surface area contributed by atoms with Crippen LogP contribution in [0.3, 0.4) is 0 Å². The van der Waals surface area contributed by atoms with E-state index in [4.69, 9.17) is 21.1 Å². The third-order valence-electron chi connectivity index (χ3n) is 1.92. The van der Waals surface area contributed by atoms with Gasteiger partial charge in [0.05, 0.1) is 0 Å². The summed E-state index contributed by atoms with van der Waals surface area (Å²) in [5, 5.41) is -0.804. The van der Waals surface area contributed by atoms with Crippen molar-refractivity contribution in [2.45, 2.75) is 39.1 Å². The second-order valence-electron chi connectivity index (χ2n) is 3.34. The van der Waals surface area contributed by atoms with E-state index in [2.05, 4.69) is 4.74 Å². The molecule has 3 atom stereocenters. The Kier molecular flexibility index (Phi) is 6.75. The minimum Gasteiger partial charge on any atom is -0.451 e. The van der Waals surface area contributed by atoms with Gasteiger partial charge in [-0.15, -0.1) is 0 Å². The molecule has 0 aliphatic rings. The molecular weight excluding hydrogens is 252 g/mol. The Morgan fingerprint density at radius 2 is 1.29 bits per heavy atom. The van der Waals surface area contributed by atoms with Crippen LogP contribution in [0.2, 0.25) is 0 Å². The first-order valence-electron chi connectivity index (χ1n) is 4.92. The van der Waals surface area contributed by atoms with Gasteiger partial charge >= 0.3 is 11.9 Å². The smallest absolute Gasteiger partial charge is 0.347 e. The number of carbonyl (C=O) groups is 3. The second kappa shape index (κ2) is 7.24. The number of hydrogen-bond acceptors (Lipinski definition) is 6. The highest BCUT2D eigenvalue weighted by molar-refractivity contribution is 6.64. The summed E-state index contributed by atoms with van der Waals surface area (Å²) in [7, 11) is 1.34. The van der Waals surface area contributed by atoms with Crippen molar-refractivity contribution in [1.82, 2.24) is 0 Å². The number of hydrogen-bond donors (Lipinski definition) is 0. The summed E-state index contributed by atoms with van der Waals surface area (Å²) in [6.07, 6.45) is -2.99. The summed E-state index contributed by atoms with van der Waals surface area (Å²) in [5.41, 5.74) is 0. The summed E-state index contributed by atoms with van der Waals surface area (Å²) in [5.74, 6) is -1.54. The largest absolute Gasteiger partial charge is 0.451 e. The molecule has 0 radical (unpaired) electrons. The number of rotatable bonds is 6. The van der Waals surface area contributed by atoms with Gasteiger partial charge in [0, 0.05) is 7.11 Å². The van der Waals surface area contributed by atoms with Crippen LogP contribution in [0.15, 0.2) is 0 Å². The lowest BCUT2D eigenvalue weighted by atomic mass is 10.3. The summed E-state index contributed by atoms with van der Waals surface area (Å²) in [6, 6.07) is 0. The van der Waals surface area contributed by atoms with Crippen molar-refractivity contribution in [3.63, 3.8) is 0 Å². The maximum atomic E-state index is 11.4. The molecule has 0 bridgehead atoms. The predicted molar refractivity (Wildman–Crippen MR) is 58.4 cm³/mol. The van der Waals surface area contributed by atoms with Crippen LogP contribution in [0.25, 0.3) is 0 Å². The zero-order chi connectivity index (χ0) is 13.6. The molecule has 98 valence electrons. The summed E-state index contributed by atoms with van der Waals surface area (Å²) in [6.45, 7) is 4.12. The van der Waals surface area contributed by atoms with Gasteiger partial charge in [0.2, 0.25) is 0 Å². The molecule has 0 aromatic heterocycles. The van der Waals surface area contributed by atoms with Crippen molar-refractivity contribution in [2.24, 2.45) is 0 Å². The van der Waals surface area contributed by atoms with Crippen molar-refractivity contribution < 1.29 is 28.6 Å². The van der Waals surface area contributed by atoms with E-state index in [0.717, 1.165) is 0 Å². The van der Waals surface area contributed by atoms with Gasteiger partial charge < -0.3 is 14.2 Å². The van der Waals surface area contributed by atoms with Crippen LogP contribution in [0.4, 0.5) is 0 Å². The lowest BCUT2D eigenvalue weighted by Crippen LogP contribution is -2.34. The molecule has 0 fully saturated rings. The Balaban J connectivity index is 4.23. The van der Waals surface area contributed by atoms with E-state index < -0.39 is 35.5 Å². The van der Waals surface area contributed by atoms with Crippen molar-refractivity contribution in [1.29, 1.82) is 0 Å². The predicted octanol–water partition coefficient (Wildman–Crippen LogP) is 0.650. The van der Waals surface area contributed by atoms with Crippen molar-refractivity contribution in [3.05, 3.63) is 0 Å². The number of methoxy groups -OCH3 is 1. The normalized spacial score (nSPS) is 15.6. The van der Waals surface area contributed by atoms with E-state index in [0.29, 0.717) is 0 Å². The topological polar surface area (TPSA) is 78.9 Å². The molecule has 0 N–H and O–H groups in total. The maximum Gasteiger partial charge on any atom is 0.347 e. The van der Waals surface area contributed by atoms with E-state index in [1.54, 1.807) is 0 Å². The molecule has 0 saturated carbocycles. The molecule has 0 heterocycles. The Hall–Kier alpha value is -1.14. The quantitative estimate of drug-likeness (QED) is 0.519. The highest BCUT2D eigenvalue weighted by Gasteiger charge is 2.25. The zero-order valence-electron chi connectivity index (χ0n) is 10.1. The fourth-order valence-corrected chi connectivity index (χ4v) is 0.775. The van der Waals surface area contributed by atoms with Gasteiger partial charge in [0.25, 0.3) is 5.24 Å². The Morgan fingerprint density at radius 3 is 1.71 bits per heavy atom. The van der Waals surface area contributed by atoms with Gasteiger partial charge in [0.1, 0.15) is 0 Å². The van der Waals surface area contributed by atoms with Crippen molar-refractivity contribution in [2.75, 3.05) is 7.11 Å². The number of carbonyl (C=O) groups excluding carboxylic acids is 3. The maximum absolute atomic E-state index is 11.4. The molecule has 0 aliphatic heterocycles. The van der Waals surface area contributed by atoms with Gasteiger partial charge in [-0.2, -0.15) is 0 Å². The first-order chi connectivity index (χ1) is 7.79. The average Bonchev–Trinajstić information content (AvgIpc) is 2.27. The van der Waals surface area contributed by atoms with Crippen molar-refractivity contribution in [3.8, 4) is 0 Å². The lowest BCUT2D eigenvalue weighted by molar-refractivity contribution is -0.175. The van der Waals surface area contributed by atoms with Gasteiger partial charge in [-0.25, -0.2) is 9.59 Å². The number of halogens is 1. The van der Waals surface area contributed by atoms with Crippen molar-refractivity contribution >= 4 is 28.8 Å².